The van der Waals surface area contributed by atoms with Gasteiger partial charge >= 0.3 is 0 Å². The maximum absolute atomic E-state index is 14.1. The molecule has 206 valence electrons. The van der Waals surface area contributed by atoms with E-state index in [1.54, 1.807) is 32.2 Å². The maximum atomic E-state index is 14.1. The number of hydrogen-bond acceptors (Lipinski definition) is 9. The van der Waals surface area contributed by atoms with Crippen molar-refractivity contribution in [2.75, 3.05) is 17.7 Å². The molecule has 0 fully saturated rings. The number of amides is 1. The van der Waals surface area contributed by atoms with Crippen molar-refractivity contribution in [1.29, 1.82) is 5.26 Å². The molecule has 6 N–H and O–H groups in total. The molecule has 5 rings (SSSR count). The minimum absolute atomic E-state index is 0.0523. The van der Waals surface area contributed by atoms with Crippen LogP contribution in [0.2, 0.25) is 0 Å². The molecule has 0 aliphatic carbocycles. The largest absolute Gasteiger partial charge is 0.394 e. The average Bonchev–Trinajstić information content (AvgIpc) is 3.37. The number of rotatable bonds is 8. The Kier molecular flexibility index (Phi) is 7.53. The lowest BCUT2D eigenvalue weighted by Crippen LogP contribution is -2.29. The van der Waals surface area contributed by atoms with Crippen LogP contribution in [-0.2, 0) is 0 Å². The first kappa shape index (κ1) is 27.2. The summed E-state index contributed by atoms with van der Waals surface area (Å²) in [5, 5.41) is 32.8. The lowest BCUT2D eigenvalue weighted by atomic mass is 10.0. The number of carbonyl (C=O) groups is 1. The number of H-pyrrole nitrogens is 1. The number of nitrogens with one attached hydrogen (secondary N) is 3. The van der Waals surface area contributed by atoms with Gasteiger partial charge in [-0.2, -0.15) is 10.4 Å². The number of halogens is 1. The predicted octanol–water partition coefficient (Wildman–Crippen LogP) is 3.95. The molecule has 3 aromatic heterocycles. The number of anilines is 2. The van der Waals surface area contributed by atoms with Crippen LogP contribution in [0.5, 0.6) is 0 Å². The number of nitrogens with zero attached hydrogens (tertiary/aromatic N) is 5. The Bertz CT molecular complexity index is 1780. The number of aliphatic hydroxyl groups excluding tert-OH is 1. The van der Waals surface area contributed by atoms with Crippen molar-refractivity contribution >= 4 is 28.6 Å². The van der Waals surface area contributed by atoms with Crippen LogP contribution in [0.3, 0.4) is 0 Å². The lowest BCUT2D eigenvalue weighted by Gasteiger charge is -2.20. The second-order valence-electron chi connectivity index (χ2n) is 9.50. The van der Waals surface area contributed by atoms with E-state index in [-0.39, 0.29) is 29.6 Å². The molecule has 0 radical (unpaired) electrons. The van der Waals surface area contributed by atoms with Crippen LogP contribution < -0.4 is 16.4 Å². The van der Waals surface area contributed by atoms with Crippen LogP contribution in [0.4, 0.5) is 16.0 Å². The van der Waals surface area contributed by atoms with E-state index in [0.29, 0.717) is 33.5 Å². The molecule has 2 aromatic carbocycles. The Morgan fingerprint density at radius 2 is 1.88 bits per heavy atom. The van der Waals surface area contributed by atoms with Gasteiger partial charge in [-0.3, -0.25) is 9.89 Å². The quantitative estimate of drug-likeness (QED) is 0.191. The van der Waals surface area contributed by atoms with Crippen LogP contribution in [0.15, 0.2) is 60.9 Å². The number of aromatic amines is 1. The molecular formula is C29H26FN9O2. The lowest BCUT2D eigenvalue weighted by molar-refractivity contribution is 0.0935. The van der Waals surface area contributed by atoms with E-state index in [1.807, 2.05) is 36.4 Å². The van der Waals surface area contributed by atoms with Gasteiger partial charge in [0.05, 0.1) is 30.3 Å². The molecule has 41 heavy (non-hydrogen) atoms. The van der Waals surface area contributed by atoms with Crippen LogP contribution >= 0.6 is 0 Å². The summed E-state index contributed by atoms with van der Waals surface area (Å²) in [7, 11) is 0. The van der Waals surface area contributed by atoms with Crippen LogP contribution in [0.1, 0.15) is 51.9 Å². The zero-order chi connectivity index (χ0) is 29.1. The molecule has 0 saturated heterocycles. The van der Waals surface area contributed by atoms with E-state index in [9.17, 15) is 19.6 Å². The average molecular weight is 552 g/mol. The van der Waals surface area contributed by atoms with Gasteiger partial charge in [-0.25, -0.2) is 19.3 Å². The first-order valence-electron chi connectivity index (χ1n) is 12.7. The van der Waals surface area contributed by atoms with Crippen molar-refractivity contribution in [1.82, 2.24) is 30.5 Å². The Morgan fingerprint density at radius 1 is 1.12 bits per heavy atom. The molecule has 0 bridgehead atoms. The number of nitriles is 1. The third-order valence-corrected chi connectivity index (χ3v) is 6.72. The van der Waals surface area contributed by atoms with E-state index in [1.165, 1.54) is 12.3 Å². The highest BCUT2D eigenvalue weighted by Crippen LogP contribution is 2.27. The number of carbonyl (C=O) groups excluding carboxylic acids is 1. The Morgan fingerprint density at radius 3 is 2.59 bits per heavy atom. The number of fused-ring (bicyclic) bond motifs is 1. The Balaban J connectivity index is 1.37. The smallest absolute Gasteiger partial charge is 0.274 e. The highest BCUT2D eigenvalue weighted by atomic mass is 19.1. The van der Waals surface area contributed by atoms with E-state index < -0.39 is 18.0 Å². The third-order valence-electron chi connectivity index (χ3n) is 6.72. The van der Waals surface area contributed by atoms with Gasteiger partial charge in [-0.05, 0) is 48.2 Å². The van der Waals surface area contributed by atoms with Crippen molar-refractivity contribution in [3.05, 3.63) is 94.8 Å². The number of benzene rings is 2. The normalized spacial score (nSPS) is 12.5. The van der Waals surface area contributed by atoms with E-state index >= 15 is 0 Å². The fourth-order valence-electron chi connectivity index (χ4n) is 4.32. The number of hydrogen-bond donors (Lipinski definition) is 5. The molecule has 0 spiro atoms. The second kappa shape index (κ2) is 11.4. The van der Waals surface area contributed by atoms with Crippen LogP contribution in [0, 0.1) is 24.1 Å². The molecule has 1 amide bonds. The zero-order valence-corrected chi connectivity index (χ0v) is 22.2. The Hall–Kier alpha value is -5.41. The first-order valence-corrected chi connectivity index (χ1v) is 12.7. The van der Waals surface area contributed by atoms with Gasteiger partial charge in [-0.15, -0.1) is 0 Å². The summed E-state index contributed by atoms with van der Waals surface area (Å²) < 4.78 is 14.1. The summed E-state index contributed by atoms with van der Waals surface area (Å²) in [6, 6.07) is 14.7. The summed E-state index contributed by atoms with van der Waals surface area (Å²) >= 11 is 0. The monoisotopic (exact) mass is 551 g/mol. The standard InChI is InChI=1S/C29H26FN9O2/c1-15-3-4-19(10-23(15)30)16(2)35-29(41)25-28(34-13-21(11-31)36-25)37-24(14-40)18-7-5-17(6-8-18)20-9-22-26(32)38-39-27(22)33-12-20/h3-10,12-13,16,24,40H,14H2,1-2H3,(H,34,37)(H,35,41)(H3,32,33,38,39)/t16-,24+/m0/s1. The number of pyridine rings is 1. The predicted molar refractivity (Wildman–Crippen MR) is 151 cm³/mol. The molecule has 0 aliphatic heterocycles. The van der Waals surface area contributed by atoms with Gasteiger partial charge in [0, 0.05) is 11.8 Å². The topological polar surface area (TPSA) is 179 Å². The second-order valence-corrected chi connectivity index (χ2v) is 9.50. The van der Waals surface area contributed by atoms with Crippen molar-refractivity contribution in [3.63, 3.8) is 0 Å². The van der Waals surface area contributed by atoms with E-state index in [2.05, 4.69) is 35.8 Å². The minimum Gasteiger partial charge on any atom is -0.394 e. The number of aliphatic hydroxyl groups is 1. The maximum Gasteiger partial charge on any atom is 0.274 e. The van der Waals surface area contributed by atoms with Gasteiger partial charge in [0.1, 0.15) is 17.7 Å². The van der Waals surface area contributed by atoms with Gasteiger partial charge in [-0.1, -0.05) is 36.4 Å². The summed E-state index contributed by atoms with van der Waals surface area (Å²) in [6.45, 7) is 3.05. The first-order chi connectivity index (χ1) is 19.8. The van der Waals surface area contributed by atoms with Gasteiger partial charge in [0.25, 0.3) is 5.91 Å². The molecule has 0 unspecified atom stereocenters. The number of nitrogens with two attached hydrogens (primary N) is 1. The SMILES string of the molecule is Cc1ccc([C@H](C)NC(=O)c2nc(C#N)cnc2N[C@H](CO)c2ccc(-c3cnc4n[nH]c(N)c4c3)cc2)cc1F. The van der Waals surface area contributed by atoms with E-state index in [0.717, 1.165) is 11.1 Å². The third kappa shape index (κ3) is 5.66. The summed E-state index contributed by atoms with van der Waals surface area (Å²) in [5.74, 6) is -0.480. The van der Waals surface area contributed by atoms with Crippen molar-refractivity contribution < 1.29 is 14.3 Å². The Labute approximate surface area is 234 Å². The molecule has 11 nitrogen and oxygen atoms in total. The molecule has 0 saturated carbocycles. The number of aryl methyl sites for hydroxylation is 1. The van der Waals surface area contributed by atoms with Crippen molar-refractivity contribution in [2.24, 2.45) is 0 Å². The molecule has 3 heterocycles. The molecular weight excluding hydrogens is 525 g/mol. The highest BCUT2D eigenvalue weighted by molar-refractivity contribution is 5.97. The highest BCUT2D eigenvalue weighted by Gasteiger charge is 2.22. The minimum atomic E-state index is -0.647. The number of nitrogen functional groups attached to an aromatic ring is 1. The number of aromatic nitrogens is 5. The van der Waals surface area contributed by atoms with Crippen molar-refractivity contribution in [3.8, 4) is 17.2 Å². The summed E-state index contributed by atoms with van der Waals surface area (Å²) in [4.78, 5) is 25.9. The molecule has 2 atom stereocenters. The molecule has 0 aliphatic rings. The van der Waals surface area contributed by atoms with Gasteiger partial charge < -0.3 is 21.5 Å². The molecule has 5 aromatic rings. The van der Waals surface area contributed by atoms with Gasteiger partial charge in [0.2, 0.25) is 0 Å². The fourth-order valence-corrected chi connectivity index (χ4v) is 4.32. The zero-order valence-electron chi connectivity index (χ0n) is 22.2. The summed E-state index contributed by atoms with van der Waals surface area (Å²) in [6.07, 6.45) is 2.93. The van der Waals surface area contributed by atoms with Crippen LogP contribution in [0.25, 0.3) is 22.2 Å². The van der Waals surface area contributed by atoms with Crippen molar-refractivity contribution in [2.45, 2.75) is 25.9 Å². The van der Waals surface area contributed by atoms with E-state index in [4.69, 9.17) is 5.73 Å². The van der Waals surface area contributed by atoms with Crippen LogP contribution in [-0.4, -0.2) is 42.8 Å². The summed E-state index contributed by atoms with van der Waals surface area (Å²) in [5.41, 5.74) is 9.77. The molecule has 12 heteroatoms. The van der Waals surface area contributed by atoms with Gasteiger partial charge in [0.15, 0.2) is 22.9 Å². The fraction of sp³-hybridized carbons (Fsp3) is 0.172.